The Morgan fingerprint density at radius 2 is 1.87 bits per heavy atom. The molecule has 0 radical (unpaired) electrons. The fourth-order valence-electron chi connectivity index (χ4n) is 2.30. The van der Waals surface area contributed by atoms with Gasteiger partial charge in [0.2, 0.25) is 0 Å². The van der Waals surface area contributed by atoms with Gasteiger partial charge in [-0.2, -0.15) is 0 Å². The fourth-order valence-corrected chi connectivity index (χ4v) is 2.30. The monoisotopic (exact) mass is 310 g/mol. The first-order valence-electron chi connectivity index (χ1n) is 7.52. The number of benzene rings is 2. The second-order valence-corrected chi connectivity index (χ2v) is 5.89. The molecule has 0 amide bonds. The molecule has 4 heteroatoms. The molecule has 0 aliphatic heterocycles. The predicted octanol–water partition coefficient (Wildman–Crippen LogP) is 4.20. The van der Waals surface area contributed by atoms with Crippen LogP contribution in [-0.4, -0.2) is 11.7 Å². The van der Waals surface area contributed by atoms with Crippen molar-refractivity contribution in [1.82, 2.24) is 0 Å². The normalized spacial score (nSPS) is 11.1. The maximum absolute atomic E-state index is 12.6. The zero-order valence-corrected chi connectivity index (χ0v) is 13.1. The van der Waals surface area contributed by atoms with Crippen LogP contribution in [0.4, 0.5) is 0 Å². The van der Waals surface area contributed by atoms with E-state index in [9.17, 15) is 9.90 Å². The molecule has 1 heterocycles. The lowest BCUT2D eigenvalue weighted by Crippen LogP contribution is -2.06. The van der Waals surface area contributed by atoms with Crippen molar-refractivity contribution < 1.29 is 14.3 Å². The van der Waals surface area contributed by atoms with E-state index < -0.39 is 0 Å². The number of hydrogen-bond acceptors (Lipinski definition) is 4. The number of phenolic OH excluding ortho intramolecular Hbond substituents is 1. The van der Waals surface area contributed by atoms with Gasteiger partial charge in [0, 0.05) is 6.07 Å². The fraction of sp³-hybridized carbons (Fsp3) is 0.211. The van der Waals surface area contributed by atoms with Gasteiger partial charge in [-0.1, -0.05) is 26.0 Å². The summed E-state index contributed by atoms with van der Waals surface area (Å²) in [6, 6.07) is 11.7. The highest BCUT2D eigenvalue weighted by atomic mass is 16.5. The van der Waals surface area contributed by atoms with E-state index in [4.69, 9.17) is 9.15 Å². The number of rotatable bonds is 4. The first-order valence-corrected chi connectivity index (χ1v) is 7.52. The molecule has 0 aliphatic rings. The number of phenols is 1. The van der Waals surface area contributed by atoms with E-state index in [1.165, 1.54) is 6.26 Å². The van der Waals surface area contributed by atoms with Crippen molar-refractivity contribution in [1.29, 1.82) is 0 Å². The molecule has 118 valence electrons. The molecular weight excluding hydrogens is 292 g/mol. The Bertz CT molecular complexity index is 876. The third-order valence-corrected chi connectivity index (χ3v) is 3.51. The van der Waals surface area contributed by atoms with Crippen LogP contribution >= 0.6 is 0 Å². The van der Waals surface area contributed by atoms with Gasteiger partial charge in [-0.05, 0) is 35.7 Å². The van der Waals surface area contributed by atoms with Gasteiger partial charge in [-0.15, -0.1) is 0 Å². The first-order chi connectivity index (χ1) is 11.0. The van der Waals surface area contributed by atoms with Crippen molar-refractivity contribution in [2.45, 2.75) is 13.8 Å². The van der Waals surface area contributed by atoms with E-state index in [-0.39, 0.29) is 11.2 Å². The highest BCUT2D eigenvalue weighted by Gasteiger charge is 2.10. The minimum Gasteiger partial charge on any atom is -0.508 e. The third kappa shape index (κ3) is 3.21. The summed E-state index contributed by atoms with van der Waals surface area (Å²) in [7, 11) is 0. The lowest BCUT2D eigenvalue weighted by Gasteiger charge is -2.09. The molecule has 0 fully saturated rings. The second kappa shape index (κ2) is 6.16. The number of fused-ring (bicyclic) bond motifs is 1. The zero-order valence-electron chi connectivity index (χ0n) is 13.1. The summed E-state index contributed by atoms with van der Waals surface area (Å²) < 4.78 is 11.3. The quantitative estimate of drug-likeness (QED) is 0.784. The average Bonchev–Trinajstić information content (AvgIpc) is 2.54. The van der Waals surface area contributed by atoms with Crippen molar-refractivity contribution in [3.05, 3.63) is 59.0 Å². The number of hydrogen-bond donors (Lipinski definition) is 1. The molecular formula is C19H18O4. The van der Waals surface area contributed by atoms with Gasteiger partial charge < -0.3 is 14.3 Å². The molecule has 0 unspecified atom stereocenters. The van der Waals surface area contributed by atoms with E-state index in [1.54, 1.807) is 42.5 Å². The van der Waals surface area contributed by atoms with E-state index in [2.05, 4.69) is 13.8 Å². The minimum absolute atomic E-state index is 0.104. The van der Waals surface area contributed by atoms with Gasteiger partial charge >= 0.3 is 0 Å². The van der Waals surface area contributed by atoms with E-state index >= 15 is 0 Å². The van der Waals surface area contributed by atoms with Crippen LogP contribution in [-0.2, 0) is 0 Å². The van der Waals surface area contributed by atoms with Gasteiger partial charge in [0.1, 0.15) is 23.3 Å². The van der Waals surface area contributed by atoms with Gasteiger partial charge in [-0.25, -0.2) is 0 Å². The number of aromatic hydroxyl groups is 1. The van der Waals surface area contributed by atoms with Crippen LogP contribution in [0.1, 0.15) is 13.8 Å². The second-order valence-electron chi connectivity index (χ2n) is 5.89. The molecule has 0 aliphatic carbocycles. The Hall–Kier alpha value is -2.75. The smallest absolute Gasteiger partial charge is 0.200 e. The lowest BCUT2D eigenvalue weighted by atomic mass is 10.1. The van der Waals surface area contributed by atoms with Crippen LogP contribution < -0.4 is 10.2 Å². The summed E-state index contributed by atoms with van der Waals surface area (Å²) in [6.07, 6.45) is 1.45. The standard InChI is InChI=1S/C19H18O4/c1-12(2)10-22-15-7-8-16-18(9-15)23-11-17(19(16)21)13-3-5-14(20)6-4-13/h3-9,11-12,20H,10H2,1-2H3. The van der Waals surface area contributed by atoms with Crippen LogP contribution in [0.2, 0.25) is 0 Å². The van der Waals surface area contributed by atoms with E-state index in [0.717, 1.165) is 0 Å². The van der Waals surface area contributed by atoms with Gasteiger partial charge in [0.25, 0.3) is 0 Å². The molecule has 4 nitrogen and oxygen atoms in total. The van der Waals surface area contributed by atoms with Crippen molar-refractivity contribution in [2.75, 3.05) is 6.61 Å². The van der Waals surface area contributed by atoms with Crippen LogP contribution in [0.15, 0.2) is 57.9 Å². The van der Waals surface area contributed by atoms with Gasteiger partial charge in [0.15, 0.2) is 5.43 Å². The molecule has 0 saturated heterocycles. The Morgan fingerprint density at radius 3 is 2.57 bits per heavy atom. The summed E-state index contributed by atoms with van der Waals surface area (Å²) in [5.74, 6) is 1.27. The Kier molecular flexibility index (Phi) is 4.06. The van der Waals surface area contributed by atoms with E-state index in [1.807, 2.05) is 0 Å². The van der Waals surface area contributed by atoms with Crippen molar-refractivity contribution >= 4 is 11.0 Å². The highest BCUT2D eigenvalue weighted by molar-refractivity contribution is 5.82. The topological polar surface area (TPSA) is 59.7 Å². The summed E-state index contributed by atoms with van der Waals surface area (Å²) in [5.41, 5.74) is 1.57. The molecule has 0 atom stereocenters. The Morgan fingerprint density at radius 1 is 1.13 bits per heavy atom. The molecule has 0 spiro atoms. The Labute approximate surface area is 134 Å². The lowest BCUT2D eigenvalue weighted by molar-refractivity contribution is 0.271. The van der Waals surface area contributed by atoms with Crippen LogP contribution in [0.25, 0.3) is 22.1 Å². The van der Waals surface area contributed by atoms with Crippen LogP contribution in [0.5, 0.6) is 11.5 Å². The SMILES string of the molecule is CC(C)COc1ccc2c(=O)c(-c3ccc(O)cc3)coc2c1. The summed E-state index contributed by atoms with van der Waals surface area (Å²) >= 11 is 0. The third-order valence-electron chi connectivity index (χ3n) is 3.51. The summed E-state index contributed by atoms with van der Waals surface area (Å²) in [5, 5.41) is 9.86. The van der Waals surface area contributed by atoms with Gasteiger partial charge in [-0.3, -0.25) is 4.79 Å². The zero-order chi connectivity index (χ0) is 16.4. The van der Waals surface area contributed by atoms with Crippen LogP contribution in [0, 0.1) is 5.92 Å². The molecule has 2 aromatic carbocycles. The largest absolute Gasteiger partial charge is 0.508 e. The highest BCUT2D eigenvalue weighted by Crippen LogP contribution is 2.24. The van der Waals surface area contributed by atoms with Gasteiger partial charge in [0.05, 0.1) is 17.6 Å². The van der Waals surface area contributed by atoms with Crippen LogP contribution in [0.3, 0.4) is 0 Å². The molecule has 0 saturated carbocycles. The molecule has 3 rings (SSSR count). The predicted molar refractivity (Wildman–Crippen MR) is 89.9 cm³/mol. The first kappa shape index (κ1) is 15.2. The molecule has 0 bridgehead atoms. The summed E-state index contributed by atoms with van der Waals surface area (Å²) in [6.45, 7) is 4.76. The maximum Gasteiger partial charge on any atom is 0.200 e. The minimum atomic E-state index is -0.104. The Balaban J connectivity index is 2.01. The maximum atomic E-state index is 12.6. The average molecular weight is 310 g/mol. The van der Waals surface area contributed by atoms with E-state index in [0.29, 0.717) is 40.4 Å². The molecule has 1 aromatic heterocycles. The molecule has 3 aromatic rings. The van der Waals surface area contributed by atoms with Crippen molar-refractivity contribution in [2.24, 2.45) is 5.92 Å². The van der Waals surface area contributed by atoms with Crippen molar-refractivity contribution in [3.8, 4) is 22.6 Å². The number of ether oxygens (including phenoxy) is 1. The van der Waals surface area contributed by atoms with Crippen molar-refractivity contribution in [3.63, 3.8) is 0 Å². The molecule has 1 N–H and O–H groups in total. The summed E-state index contributed by atoms with van der Waals surface area (Å²) in [4.78, 5) is 12.6. The molecule has 23 heavy (non-hydrogen) atoms.